The van der Waals surface area contributed by atoms with Gasteiger partial charge in [-0.25, -0.2) is 9.50 Å². The van der Waals surface area contributed by atoms with Crippen LogP contribution in [0, 0.1) is 11.3 Å². The Labute approximate surface area is 153 Å². The van der Waals surface area contributed by atoms with E-state index in [4.69, 9.17) is 5.26 Å². The highest BCUT2D eigenvalue weighted by Crippen LogP contribution is 2.22. The van der Waals surface area contributed by atoms with Crippen molar-refractivity contribution in [1.82, 2.24) is 19.9 Å². The van der Waals surface area contributed by atoms with Crippen LogP contribution in [-0.2, 0) is 0 Å². The van der Waals surface area contributed by atoms with Crippen molar-refractivity contribution in [3.8, 4) is 6.07 Å². The number of hydrogen-bond acceptors (Lipinski definition) is 7. The number of aromatic nitrogens is 3. The van der Waals surface area contributed by atoms with E-state index < -0.39 is 0 Å². The lowest BCUT2D eigenvalue weighted by molar-refractivity contribution is 0.102. The molecule has 1 aliphatic heterocycles. The summed E-state index contributed by atoms with van der Waals surface area (Å²) in [6, 6.07) is 7.56. The van der Waals surface area contributed by atoms with E-state index in [2.05, 4.69) is 32.1 Å². The van der Waals surface area contributed by atoms with E-state index in [9.17, 15) is 4.79 Å². The second-order valence-corrected chi connectivity index (χ2v) is 6.97. The topological polar surface area (TPSA) is 107 Å². The maximum absolute atomic E-state index is 12.6. The van der Waals surface area contributed by atoms with Crippen molar-refractivity contribution in [1.29, 1.82) is 5.26 Å². The van der Waals surface area contributed by atoms with Gasteiger partial charge in [-0.15, -0.1) is 16.4 Å². The molecule has 1 fully saturated rings. The zero-order valence-electron chi connectivity index (χ0n) is 13.9. The van der Waals surface area contributed by atoms with Crippen LogP contribution >= 0.6 is 11.3 Å². The monoisotopic (exact) mass is 367 g/mol. The number of carbonyl (C=O) groups is 1. The summed E-state index contributed by atoms with van der Waals surface area (Å²) >= 11 is 1.29. The molecule has 3 aromatic heterocycles. The highest BCUT2D eigenvalue weighted by Gasteiger charge is 2.17. The van der Waals surface area contributed by atoms with Crippen LogP contribution in [-0.4, -0.2) is 39.6 Å². The Morgan fingerprint density at radius 2 is 2.35 bits per heavy atom. The summed E-state index contributed by atoms with van der Waals surface area (Å²) in [5.74, 6) is 0.175. The lowest BCUT2D eigenvalue weighted by atomic mass is 10.1. The molecule has 1 aliphatic rings. The van der Waals surface area contributed by atoms with Crippen molar-refractivity contribution < 1.29 is 4.79 Å². The Balaban J connectivity index is 1.58. The molecule has 0 bridgehead atoms. The van der Waals surface area contributed by atoms with Crippen LogP contribution in [0.25, 0.3) is 5.52 Å². The average molecular weight is 367 g/mol. The normalized spacial score (nSPS) is 17.0. The van der Waals surface area contributed by atoms with Gasteiger partial charge in [0.1, 0.15) is 16.6 Å². The second-order valence-electron chi connectivity index (χ2n) is 6.05. The molecule has 0 aromatic carbocycles. The number of carbonyl (C=O) groups excluding carboxylic acids is 1. The first-order valence-electron chi connectivity index (χ1n) is 8.35. The maximum atomic E-state index is 12.6. The summed E-state index contributed by atoms with van der Waals surface area (Å²) in [5.41, 5.74) is 1.63. The quantitative estimate of drug-likeness (QED) is 0.652. The van der Waals surface area contributed by atoms with Gasteiger partial charge in [-0.2, -0.15) is 5.26 Å². The van der Waals surface area contributed by atoms with E-state index in [0.717, 1.165) is 31.4 Å². The number of nitriles is 1. The van der Waals surface area contributed by atoms with Crippen LogP contribution in [0.5, 0.6) is 0 Å². The number of nitrogens with zero attached hydrogens (tertiary/aromatic N) is 4. The predicted octanol–water partition coefficient (Wildman–Crippen LogP) is 2.08. The summed E-state index contributed by atoms with van der Waals surface area (Å²) in [6.45, 7) is 1.91. The van der Waals surface area contributed by atoms with Gasteiger partial charge in [0.2, 0.25) is 5.95 Å². The third-order valence-electron chi connectivity index (χ3n) is 4.28. The number of rotatable bonds is 4. The predicted molar refractivity (Wildman–Crippen MR) is 99.5 cm³/mol. The number of nitrogens with one attached hydrogen (secondary N) is 3. The minimum atomic E-state index is -0.316. The molecule has 4 rings (SSSR count). The zero-order chi connectivity index (χ0) is 17.9. The van der Waals surface area contributed by atoms with Crippen LogP contribution < -0.4 is 16.0 Å². The largest absolute Gasteiger partial charge is 0.349 e. The molecule has 4 heterocycles. The van der Waals surface area contributed by atoms with Crippen molar-refractivity contribution in [2.45, 2.75) is 18.9 Å². The molecule has 3 aromatic rings. The van der Waals surface area contributed by atoms with Gasteiger partial charge in [-0.1, -0.05) is 0 Å². The Kier molecular flexibility index (Phi) is 4.51. The molecule has 132 valence electrons. The number of fused-ring (bicyclic) bond motifs is 1. The molecule has 9 heteroatoms. The molecule has 0 saturated carbocycles. The van der Waals surface area contributed by atoms with Crippen molar-refractivity contribution in [3.05, 3.63) is 40.3 Å². The van der Waals surface area contributed by atoms with E-state index in [1.807, 2.05) is 0 Å². The zero-order valence-corrected chi connectivity index (χ0v) is 14.7. The van der Waals surface area contributed by atoms with Crippen LogP contribution in [0.1, 0.15) is 28.2 Å². The molecule has 8 nitrogen and oxygen atoms in total. The third-order valence-corrected chi connectivity index (χ3v) is 5.10. The number of amides is 1. The average Bonchev–Trinajstić information content (AvgIpc) is 3.28. The van der Waals surface area contributed by atoms with E-state index >= 15 is 0 Å². The van der Waals surface area contributed by atoms with Gasteiger partial charge in [0, 0.05) is 12.6 Å². The molecule has 1 atom stereocenters. The summed E-state index contributed by atoms with van der Waals surface area (Å²) < 4.78 is 1.57. The molecular weight excluding hydrogens is 350 g/mol. The molecule has 0 unspecified atom stereocenters. The summed E-state index contributed by atoms with van der Waals surface area (Å²) in [7, 11) is 0. The lowest BCUT2D eigenvalue weighted by Gasteiger charge is -2.23. The van der Waals surface area contributed by atoms with Crippen molar-refractivity contribution >= 4 is 34.4 Å². The van der Waals surface area contributed by atoms with Gasteiger partial charge < -0.3 is 16.0 Å². The van der Waals surface area contributed by atoms with Crippen molar-refractivity contribution in [3.63, 3.8) is 0 Å². The van der Waals surface area contributed by atoms with Crippen LogP contribution in [0.15, 0.2) is 29.8 Å². The fourth-order valence-electron chi connectivity index (χ4n) is 2.98. The number of thiophene rings is 1. The van der Waals surface area contributed by atoms with Gasteiger partial charge in [-0.3, -0.25) is 4.79 Å². The van der Waals surface area contributed by atoms with Gasteiger partial charge in [0.25, 0.3) is 5.91 Å². The molecule has 0 radical (unpaired) electrons. The Bertz CT molecular complexity index is 981. The lowest BCUT2D eigenvalue weighted by Crippen LogP contribution is -2.39. The first-order chi connectivity index (χ1) is 12.7. The van der Waals surface area contributed by atoms with Crippen LogP contribution in [0.4, 0.5) is 11.6 Å². The maximum Gasteiger partial charge on any atom is 0.274 e. The van der Waals surface area contributed by atoms with Gasteiger partial charge >= 0.3 is 0 Å². The number of hydrogen-bond donors (Lipinski definition) is 3. The molecular formula is C17H17N7OS. The van der Waals surface area contributed by atoms with Gasteiger partial charge in [0.05, 0.1) is 17.4 Å². The van der Waals surface area contributed by atoms with E-state index in [1.54, 1.807) is 34.3 Å². The van der Waals surface area contributed by atoms with Gasteiger partial charge in [0.15, 0.2) is 0 Å². The molecule has 0 aliphatic carbocycles. The second kappa shape index (κ2) is 7.11. The van der Waals surface area contributed by atoms with Crippen molar-refractivity contribution in [2.75, 3.05) is 23.7 Å². The van der Waals surface area contributed by atoms with Crippen LogP contribution in [0.2, 0.25) is 0 Å². The molecule has 0 spiro atoms. The van der Waals surface area contributed by atoms with E-state index in [1.165, 1.54) is 11.3 Å². The molecule has 26 heavy (non-hydrogen) atoms. The first kappa shape index (κ1) is 16.5. The number of piperidine rings is 1. The summed E-state index contributed by atoms with van der Waals surface area (Å²) in [6.07, 6.45) is 3.86. The fraction of sp³-hybridized carbons (Fsp3) is 0.294. The summed E-state index contributed by atoms with van der Waals surface area (Å²) in [4.78, 5) is 17.4. The van der Waals surface area contributed by atoms with Gasteiger partial charge in [-0.05, 0) is 43.0 Å². The first-order valence-corrected chi connectivity index (χ1v) is 9.23. The molecule has 3 N–H and O–H groups in total. The Morgan fingerprint density at radius 3 is 3.15 bits per heavy atom. The third kappa shape index (κ3) is 3.24. The molecule has 1 saturated heterocycles. The highest BCUT2D eigenvalue weighted by molar-refractivity contribution is 7.11. The Morgan fingerprint density at radius 1 is 1.42 bits per heavy atom. The number of anilines is 2. The standard InChI is InChI=1S/C17H17N7OS/c18-8-15-13(5-7-26-15)22-16(25)14-4-3-12-10-20-17(23-24(12)14)21-11-2-1-6-19-9-11/h3-5,7,10-11,19H,1-2,6,9H2,(H,21,23)(H,22,25)/t11-/m1/s1. The Hall–Kier alpha value is -2.96. The van der Waals surface area contributed by atoms with Crippen LogP contribution in [0.3, 0.4) is 0 Å². The SMILES string of the molecule is N#Cc1sccc1NC(=O)c1ccc2cnc(N[C@@H]3CCCNC3)nn12. The highest BCUT2D eigenvalue weighted by atomic mass is 32.1. The fourth-order valence-corrected chi connectivity index (χ4v) is 3.62. The minimum Gasteiger partial charge on any atom is -0.349 e. The minimum absolute atomic E-state index is 0.276. The van der Waals surface area contributed by atoms with E-state index in [0.29, 0.717) is 22.2 Å². The smallest absolute Gasteiger partial charge is 0.274 e. The summed E-state index contributed by atoms with van der Waals surface area (Å²) in [5, 5.41) is 24.7. The van der Waals surface area contributed by atoms with Crippen molar-refractivity contribution in [2.24, 2.45) is 0 Å². The van der Waals surface area contributed by atoms with E-state index in [-0.39, 0.29) is 11.9 Å². The molecule has 1 amide bonds.